The van der Waals surface area contributed by atoms with Crippen molar-refractivity contribution in [3.05, 3.63) is 36.3 Å². The molecule has 3 heterocycles. The van der Waals surface area contributed by atoms with E-state index in [1.807, 2.05) is 13.8 Å². The van der Waals surface area contributed by atoms with E-state index >= 15 is 0 Å². The highest BCUT2D eigenvalue weighted by Crippen LogP contribution is 2.32. The maximum atomic E-state index is 13.1. The Morgan fingerprint density at radius 3 is 2.65 bits per heavy atom. The Hall–Kier alpha value is -3.44. The van der Waals surface area contributed by atoms with Gasteiger partial charge in [-0.25, -0.2) is 4.98 Å². The number of carbonyl (C=O) groups is 1. The van der Waals surface area contributed by atoms with E-state index in [1.165, 1.54) is 19.2 Å². The summed E-state index contributed by atoms with van der Waals surface area (Å²) in [6, 6.07) is 2.71. The van der Waals surface area contributed by atoms with Crippen molar-refractivity contribution in [1.82, 2.24) is 29.5 Å². The SMILES string of the molecule is COc1nn(CC(C)C)cc1C(=O)Nc1cccc(-c2nncn2C(C)C(F)(F)F)n1. The summed E-state index contributed by atoms with van der Waals surface area (Å²) < 4.78 is 47.1. The molecule has 0 aliphatic carbocycles. The molecule has 1 amide bonds. The van der Waals surface area contributed by atoms with Gasteiger partial charge in [0.1, 0.15) is 29.4 Å². The number of halogens is 3. The molecule has 0 bridgehead atoms. The van der Waals surface area contributed by atoms with Crippen LogP contribution in [-0.4, -0.2) is 48.7 Å². The van der Waals surface area contributed by atoms with Crippen molar-refractivity contribution >= 4 is 11.7 Å². The van der Waals surface area contributed by atoms with Crippen LogP contribution in [0.15, 0.2) is 30.7 Å². The Labute approximate surface area is 176 Å². The molecule has 3 aromatic rings. The van der Waals surface area contributed by atoms with Gasteiger partial charge in [-0.1, -0.05) is 19.9 Å². The van der Waals surface area contributed by atoms with E-state index in [9.17, 15) is 18.0 Å². The highest BCUT2D eigenvalue weighted by atomic mass is 19.4. The zero-order valence-corrected chi connectivity index (χ0v) is 17.4. The first-order valence-electron chi connectivity index (χ1n) is 9.46. The molecular formula is C19H22F3N7O2. The van der Waals surface area contributed by atoms with Gasteiger partial charge in [-0.15, -0.1) is 15.3 Å². The standard InChI is InChI=1S/C19H22F3N7O2/c1-11(2)8-28-9-13(18(27-28)31-4)17(30)25-15-7-5-6-14(24-15)16-26-23-10-29(16)12(3)19(20,21)22/h5-7,9-12H,8H2,1-4H3,(H,24,25,30). The highest BCUT2D eigenvalue weighted by molar-refractivity contribution is 6.05. The minimum Gasteiger partial charge on any atom is -0.479 e. The molecule has 31 heavy (non-hydrogen) atoms. The number of rotatable bonds is 7. The van der Waals surface area contributed by atoms with Crippen molar-refractivity contribution < 1.29 is 22.7 Å². The smallest absolute Gasteiger partial charge is 0.408 e. The van der Waals surface area contributed by atoms with E-state index in [0.29, 0.717) is 12.5 Å². The summed E-state index contributed by atoms with van der Waals surface area (Å²) in [5, 5.41) is 14.2. The third-order valence-corrected chi connectivity index (χ3v) is 4.40. The Morgan fingerprint density at radius 1 is 1.26 bits per heavy atom. The summed E-state index contributed by atoms with van der Waals surface area (Å²) in [5.74, 6) is 0.0311. The molecule has 0 aromatic carbocycles. The molecule has 0 saturated heterocycles. The summed E-state index contributed by atoms with van der Waals surface area (Å²) in [6.07, 6.45) is -1.91. The van der Waals surface area contributed by atoms with Gasteiger partial charge in [0.25, 0.3) is 5.91 Å². The molecule has 0 spiro atoms. The van der Waals surface area contributed by atoms with Crippen molar-refractivity contribution in [2.24, 2.45) is 5.92 Å². The molecule has 3 rings (SSSR count). The van der Waals surface area contributed by atoms with Gasteiger partial charge in [-0.2, -0.15) is 13.2 Å². The number of carbonyl (C=O) groups excluding carboxylic acids is 1. The Bertz CT molecular complexity index is 1060. The van der Waals surface area contributed by atoms with E-state index in [0.717, 1.165) is 17.8 Å². The molecule has 1 N–H and O–H groups in total. The lowest BCUT2D eigenvalue weighted by Gasteiger charge is -2.18. The number of anilines is 1. The average Bonchev–Trinajstić information content (AvgIpc) is 3.33. The van der Waals surface area contributed by atoms with Gasteiger partial charge in [-0.05, 0) is 25.0 Å². The van der Waals surface area contributed by atoms with Gasteiger partial charge in [0.15, 0.2) is 5.82 Å². The fourth-order valence-electron chi connectivity index (χ4n) is 2.86. The van der Waals surface area contributed by atoms with Crippen molar-refractivity contribution in [3.8, 4) is 17.4 Å². The fraction of sp³-hybridized carbons (Fsp3) is 0.421. The third kappa shape index (κ3) is 5.01. The van der Waals surface area contributed by atoms with Crippen LogP contribution in [0.2, 0.25) is 0 Å². The summed E-state index contributed by atoms with van der Waals surface area (Å²) in [4.78, 5) is 17.0. The number of amides is 1. The second-order valence-corrected chi connectivity index (χ2v) is 7.31. The minimum absolute atomic E-state index is 0.0664. The van der Waals surface area contributed by atoms with Gasteiger partial charge in [-0.3, -0.25) is 9.48 Å². The van der Waals surface area contributed by atoms with Crippen molar-refractivity contribution in [3.63, 3.8) is 0 Å². The first-order chi connectivity index (χ1) is 14.6. The lowest BCUT2D eigenvalue weighted by Crippen LogP contribution is -2.24. The Balaban J connectivity index is 1.85. The van der Waals surface area contributed by atoms with Crippen LogP contribution in [0, 0.1) is 5.92 Å². The topological polar surface area (TPSA) is 99.8 Å². The van der Waals surface area contributed by atoms with Gasteiger partial charge < -0.3 is 14.6 Å². The maximum Gasteiger partial charge on any atom is 0.408 e. The third-order valence-electron chi connectivity index (χ3n) is 4.40. The predicted molar refractivity (Wildman–Crippen MR) is 106 cm³/mol. The quantitative estimate of drug-likeness (QED) is 0.607. The van der Waals surface area contributed by atoms with E-state index in [1.54, 1.807) is 16.9 Å². The van der Waals surface area contributed by atoms with Crippen LogP contribution in [0.5, 0.6) is 5.88 Å². The van der Waals surface area contributed by atoms with Crippen LogP contribution in [0.3, 0.4) is 0 Å². The van der Waals surface area contributed by atoms with E-state index < -0.39 is 18.1 Å². The number of hydrogen-bond donors (Lipinski definition) is 1. The lowest BCUT2D eigenvalue weighted by atomic mass is 10.2. The Kier molecular flexibility index (Phi) is 6.27. The first-order valence-corrected chi connectivity index (χ1v) is 9.46. The van der Waals surface area contributed by atoms with E-state index in [4.69, 9.17) is 4.74 Å². The summed E-state index contributed by atoms with van der Waals surface area (Å²) >= 11 is 0. The van der Waals surface area contributed by atoms with Crippen LogP contribution in [-0.2, 0) is 6.54 Å². The maximum absolute atomic E-state index is 13.1. The van der Waals surface area contributed by atoms with Gasteiger partial charge in [0.2, 0.25) is 5.88 Å². The Morgan fingerprint density at radius 2 is 2.00 bits per heavy atom. The largest absolute Gasteiger partial charge is 0.479 e. The number of pyridine rings is 1. The number of nitrogens with zero attached hydrogens (tertiary/aromatic N) is 6. The van der Waals surface area contributed by atoms with Crippen LogP contribution in [0.25, 0.3) is 11.5 Å². The summed E-state index contributed by atoms with van der Waals surface area (Å²) in [5.41, 5.74) is 0.345. The molecular weight excluding hydrogens is 415 g/mol. The number of alkyl halides is 3. The fourth-order valence-corrected chi connectivity index (χ4v) is 2.86. The molecule has 0 fully saturated rings. The van der Waals surface area contributed by atoms with Crippen LogP contribution < -0.4 is 10.1 Å². The molecule has 166 valence electrons. The first kappa shape index (κ1) is 22.2. The van der Waals surface area contributed by atoms with Crippen molar-refractivity contribution in [2.45, 2.75) is 39.5 Å². The minimum atomic E-state index is -4.48. The zero-order valence-electron chi connectivity index (χ0n) is 17.4. The molecule has 1 atom stereocenters. The van der Waals surface area contributed by atoms with Gasteiger partial charge in [0, 0.05) is 12.7 Å². The zero-order chi connectivity index (χ0) is 22.8. The number of aromatic nitrogens is 6. The number of hydrogen-bond acceptors (Lipinski definition) is 6. The monoisotopic (exact) mass is 437 g/mol. The van der Waals surface area contributed by atoms with E-state index in [2.05, 4.69) is 25.6 Å². The normalized spacial score (nSPS) is 12.8. The van der Waals surface area contributed by atoms with Crippen molar-refractivity contribution in [1.29, 1.82) is 0 Å². The molecule has 9 nitrogen and oxygen atoms in total. The molecule has 0 saturated carbocycles. The average molecular weight is 437 g/mol. The van der Waals surface area contributed by atoms with Crippen LogP contribution >= 0.6 is 0 Å². The molecule has 0 aliphatic heterocycles. The molecule has 12 heteroatoms. The molecule has 0 aliphatic rings. The van der Waals surface area contributed by atoms with Crippen LogP contribution in [0.1, 0.15) is 37.2 Å². The van der Waals surface area contributed by atoms with Crippen LogP contribution in [0.4, 0.5) is 19.0 Å². The lowest BCUT2D eigenvalue weighted by molar-refractivity contribution is -0.162. The molecule has 1 unspecified atom stereocenters. The summed E-state index contributed by atoms with van der Waals surface area (Å²) in [7, 11) is 1.41. The summed E-state index contributed by atoms with van der Waals surface area (Å²) in [6.45, 7) is 5.63. The van der Waals surface area contributed by atoms with Crippen molar-refractivity contribution in [2.75, 3.05) is 12.4 Å². The van der Waals surface area contributed by atoms with Gasteiger partial charge >= 0.3 is 6.18 Å². The predicted octanol–water partition coefficient (Wildman–Crippen LogP) is 3.58. The second-order valence-electron chi connectivity index (χ2n) is 7.31. The second kappa shape index (κ2) is 8.74. The number of methoxy groups -OCH3 is 1. The van der Waals surface area contributed by atoms with Gasteiger partial charge in [0.05, 0.1) is 7.11 Å². The number of ether oxygens (including phenoxy) is 1. The van der Waals surface area contributed by atoms with E-state index in [-0.39, 0.29) is 28.8 Å². The molecule has 3 aromatic heterocycles. The number of nitrogens with one attached hydrogen (secondary N) is 1. The highest BCUT2D eigenvalue weighted by Gasteiger charge is 2.38. The molecule has 0 radical (unpaired) electrons.